The third-order valence-electron chi connectivity index (χ3n) is 3.37. The fourth-order valence-corrected chi connectivity index (χ4v) is 2.24. The monoisotopic (exact) mass is 384 g/mol. The average Bonchev–Trinajstić information content (AvgIpc) is 3.42. The van der Waals surface area contributed by atoms with Crippen LogP contribution in [0.25, 0.3) is 10.8 Å². The van der Waals surface area contributed by atoms with Crippen LogP contribution in [0.5, 0.6) is 0 Å². The molecule has 0 bridgehead atoms. The number of rotatable bonds is 0. The second-order valence-corrected chi connectivity index (χ2v) is 5.78. The van der Waals surface area contributed by atoms with Crippen LogP contribution >= 0.6 is 11.3 Å². The molecule has 0 aliphatic rings. The zero-order valence-electron chi connectivity index (χ0n) is 17.6. The Morgan fingerprint density at radius 3 is 1.74 bits per heavy atom. The number of hydrogen-bond donors (Lipinski definition) is 0. The highest BCUT2D eigenvalue weighted by Gasteiger charge is 1.99. The molecule has 0 saturated heterocycles. The summed E-state index contributed by atoms with van der Waals surface area (Å²) in [5.41, 5.74) is 2.15. The molecule has 0 saturated carbocycles. The molecule has 4 rings (SSSR count). The molecular formula is C23H32N2OS. The molecule has 0 N–H and O–H groups in total. The van der Waals surface area contributed by atoms with Gasteiger partial charge in [-0.15, -0.1) is 0 Å². The quantitative estimate of drug-likeness (QED) is 0.313. The second kappa shape index (κ2) is 15.8. The molecule has 3 aromatic heterocycles. The Balaban J connectivity index is 0.000000358. The number of aromatic nitrogens is 2. The Labute approximate surface area is 168 Å². The Kier molecular flexibility index (Phi) is 14.3. The molecule has 27 heavy (non-hydrogen) atoms. The van der Waals surface area contributed by atoms with Gasteiger partial charge in [0.1, 0.15) is 5.76 Å². The number of nitrogens with zero attached hydrogens (tertiary/aromatic N) is 2. The fraction of sp³-hybridized carbons (Fsp3) is 0.304. The molecule has 0 aliphatic carbocycles. The van der Waals surface area contributed by atoms with Gasteiger partial charge in [-0.25, -0.2) is 0 Å². The van der Waals surface area contributed by atoms with Crippen LogP contribution in [0, 0.1) is 20.8 Å². The minimum atomic E-state index is 0.919. The minimum absolute atomic E-state index is 0.919. The van der Waals surface area contributed by atoms with E-state index in [1.165, 1.54) is 10.8 Å². The molecule has 0 fully saturated rings. The summed E-state index contributed by atoms with van der Waals surface area (Å²) < 4.78 is 4.84. The van der Waals surface area contributed by atoms with Gasteiger partial charge in [-0.3, -0.25) is 4.98 Å². The highest BCUT2D eigenvalue weighted by Crippen LogP contribution is 2.09. The second-order valence-electron chi connectivity index (χ2n) is 4.97. The van der Waals surface area contributed by atoms with Crippen LogP contribution in [0.1, 0.15) is 44.7 Å². The maximum absolute atomic E-state index is 4.84. The standard InChI is InChI=1S/C9H7N.C6H9NO.C4H4S.2C2H6/c1-2-4-9-7-10-6-5-8(9)3-1;1-4-5(2)7-8-6(4)3;1-2-4-5-3-1;2*1-2/h1-7H;1-3H3;1-4H;2*1-2H3. The van der Waals surface area contributed by atoms with Crippen LogP contribution in [-0.2, 0) is 0 Å². The first kappa shape index (κ1) is 24.5. The number of pyridine rings is 1. The van der Waals surface area contributed by atoms with Gasteiger partial charge in [0.2, 0.25) is 0 Å². The van der Waals surface area contributed by atoms with Crippen molar-refractivity contribution in [2.75, 3.05) is 0 Å². The molecule has 1 aromatic carbocycles. The van der Waals surface area contributed by atoms with E-state index in [-0.39, 0.29) is 0 Å². The maximum Gasteiger partial charge on any atom is 0.136 e. The molecular weight excluding hydrogens is 352 g/mol. The fourth-order valence-electron chi connectivity index (χ4n) is 1.78. The first-order chi connectivity index (χ1) is 13.2. The maximum atomic E-state index is 4.84. The van der Waals surface area contributed by atoms with Gasteiger partial charge in [-0.2, -0.15) is 11.3 Å². The summed E-state index contributed by atoms with van der Waals surface area (Å²) in [6.45, 7) is 13.8. The summed E-state index contributed by atoms with van der Waals surface area (Å²) in [6, 6.07) is 14.2. The predicted molar refractivity (Wildman–Crippen MR) is 119 cm³/mol. The van der Waals surface area contributed by atoms with Gasteiger partial charge >= 0.3 is 0 Å². The van der Waals surface area contributed by atoms with E-state index in [2.05, 4.69) is 22.3 Å². The number of hydrogen-bond acceptors (Lipinski definition) is 4. The molecule has 0 aliphatic heterocycles. The molecule has 3 heterocycles. The third-order valence-corrected chi connectivity index (χ3v) is 3.99. The van der Waals surface area contributed by atoms with E-state index in [4.69, 9.17) is 4.52 Å². The largest absolute Gasteiger partial charge is 0.361 e. The molecule has 0 unspecified atom stereocenters. The van der Waals surface area contributed by atoms with E-state index in [0.717, 1.165) is 17.0 Å². The molecule has 0 spiro atoms. The van der Waals surface area contributed by atoms with Crippen molar-refractivity contribution in [3.63, 3.8) is 0 Å². The summed E-state index contributed by atoms with van der Waals surface area (Å²) in [4.78, 5) is 4.01. The van der Waals surface area contributed by atoms with E-state index in [1.807, 2.05) is 102 Å². The highest BCUT2D eigenvalue weighted by molar-refractivity contribution is 7.07. The van der Waals surface area contributed by atoms with Gasteiger partial charge in [0.25, 0.3) is 0 Å². The van der Waals surface area contributed by atoms with Gasteiger partial charge in [0, 0.05) is 18.0 Å². The molecule has 146 valence electrons. The smallest absolute Gasteiger partial charge is 0.136 e. The lowest BCUT2D eigenvalue weighted by Crippen LogP contribution is -1.73. The highest BCUT2D eigenvalue weighted by atomic mass is 32.1. The molecule has 0 amide bonds. The lowest BCUT2D eigenvalue weighted by atomic mass is 10.2. The third kappa shape index (κ3) is 9.71. The van der Waals surface area contributed by atoms with Crippen LogP contribution in [0.3, 0.4) is 0 Å². The first-order valence-corrected chi connectivity index (χ1v) is 10.3. The van der Waals surface area contributed by atoms with Crippen molar-refractivity contribution in [2.45, 2.75) is 48.5 Å². The SMILES string of the molecule is CC.CC.Cc1noc(C)c1C.c1ccc2cnccc2c1.c1ccsc1. The zero-order valence-corrected chi connectivity index (χ0v) is 18.4. The summed E-state index contributed by atoms with van der Waals surface area (Å²) in [6.07, 6.45) is 3.68. The van der Waals surface area contributed by atoms with E-state index >= 15 is 0 Å². The Morgan fingerprint density at radius 2 is 1.37 bits per heavy atom. The van der Waals surface area contributed by atoms with Gasteiger partial charge < -0.3 is 4.52 Å². The van der Waals surface area contributed by atoms with E-state index in [9.17, 15) is 0 Å². The topological polar surface area (TPSA) is 38.9 Å². The van der Waals surface area contributed by atoms with Crippen LogP contribution in [-0.4, -0.2) is 10.1 Å². The van der Waals surface area contributed by atoms with Gasteiger partial charge in [-0.1, -0.05) is 69.2 Å². The molecule has 3 nitrogen and oxygen atoms in total. The number of thiophene rings is 1. The summed E-state index contributed by atoms with van der Waals surface area (Å²) >= 11 is 1.71. The first-order valence-electron chi connectivity index (χ1n) is 9.34. The van der Waals surface area contributed by atoms with E-state index in [1.54, 1.807) is 11.3 Å². The van der Waals surface area contributed by atoms with E-state index < -0.39 is 0 Å². The zero-order chi connectivity index (χ0) is 20.5. The van der Waals surface area contributed by atoms with Gasteiger partial charge in [0.05, 0.1) is 5.69 Å². The average molecular weight is 385 g/mol. The lowest BCUT2D eigenvalue weighted by Gasteiger charge is -1.91. The van der Waals surface area contributed by atoms with Crippen molar-refractivity contribution in [3.05, 3.63) is 82.6 Å². The summed E-state index contributed by atoms with van der Waals surface area (Å²) in [5, 5.41) is 10.3. The Bertz CT molecular complexity index is 721. The van der Waals surface area contributed by atoms with Crippen LogP contribution < -0.4 is 0 Å². The molecule has 4 heteroatoms. The number of benzene rings is 1. The minimum Gasteiger partial charge on any atom is -0.361 e. The van der Waals surface area contributed by atoms with E-state index in [0.29, 0.717) is 0 Å². The molecule has 4 aromatic rings. The van der Waals surface area contributed by atoms with Crippen molar-refractivity contribution in [1.82, 2.24) is 10.1 Å². The van der Waals surface area contributed by atoms with Crippen molar-refractivity contribution >= 4 is 22.1 Å². The number of fused-ring (bicyclic) bond motifs is 1. The normalized spacial score (nSPS) is 8.56. The van der Waals surface area contributed by atoms with Crippen LogP contribution in [0.15, 0.2) is 70.1 Å². The van der Waals surface area contributed by atoms with Crippen molar-refractivity contribution in [3.8, 4) is 0 Å². The summed E-state index contributed by atoms with van der Waals surface area (Å²) in [5.74, 6) is 0.919. The van der Waals surface area contributed by atoms with Crippen molar-refractivity contribution < 1.29 is 4.52 Å². The Morgan fingerprint density at radius 1 is 0.778 bits per heavy atom. The molecule has 0 atom stereocenters. The summed E-state index contributed by atoms with van der Waals surface area (Å²) in [7, 11) is 0. The van der Waals surface area contributed by atoms with Crippen LogP contribution in [0.2, 0.25) is 0 Å². The van der Waals surface area contributed by atoms with Crippen molar-refractivity contribution in [1.29, 1.82) is 0 Å². The Hall–Kier alpha value is -2.46. The lowest BCUT2D eigenvalue weighted by molar-refractivity contribution is 0.392. The van der Waals surface area contributed by atoms with Crippen molar-refractivity contribution in [2.24, 2.45) is 0 Å². The number of aryl methyl sites for hydroxylation is 2. The molecule has 0 radical (unpaired) electrons. The van der Waals surface area contributed by atoms with Gasteiger partial charge in [0.15, 0.2) is 0 Å². The predicted octanol–water partition coefficient (Wildman–Crippen LogP) is 7.64. The van der Waals surface area contributed by atoms with Crippen LogP contribution in [0.4, 0.5) is 0 Å². The van der Waals surface area contributed by atoms with Gasteiger partial charge in [-0.05, 0) is 48.4 Å².